The van der Waals surface area contributed by atoms with Crippen LogP contribution in [0.25, 0.3) is 22.1 Å². The lowest BCUT2D eigenvalue weighted by Gasteiger charge is -2.23. The highest BCUT2D eigenvalue weighted by Gasteiger charge is 2.17. The van der Waals surface area contributed by atoms with Crippen LogP contribution < -0.4 is 10.6 Å². The third kappa shape index (κ3) is 2.83. The fourth-order valence-electron chi connectivity index (χ4n) is 3.58. The SMILES string of the molecule is c1nc2c(NC3CCCCC3)nc(Nc3ccc4[nH]ncc4c3)nc2[nH]1. The Hall–Kier alpha value is -3.16. The lowest BCUT2D eigenvalue weighted by molar-refractivity contribution is 0.462. The van der Waals surface area contributed by atoms with E-state index >= 15 is 0 Å². The van der Waals surface area contributed by atoms with Gasteiger partial charge in [0, 0.05) is 17.1 Å². The van der Waals surface area contributed by atoms with E-state index in [0.29, 0.717) is 12.0 Å². The minimum atomic E-state index is 0.452. The first-order chi connectivity index (χ1) is 12.8. The van der Waals surface area contributed by atoms with Crippen LogP contribution in [0.2, 0.25) is 0 Å². The standard InChI is InChI=1S/C18H20N8/c1-2-4-12(5-3-1)22-17-15-16(20-10-19-15)24-18(25-17)23-13-6-7-14-11(8-13)9-21-26-14/h6-10,12H,1-5H2,(H,21,26)(H3,19,20,22,23,24,25). The molecule has 4 aromatic rings. The largest absolute Gasteiger partial charge is 0.365 e. The molecule has 132 valence electrons. The van der Waals surface area contributed by atoms with Gasteiger partial charge in [0.05, 0.1) is 18.0 Å². The van der Waals surface area contributed by atoms with E-state index in [4.69, 9.17) is 4.98 Å². The van der Waals surface area contributed by atoms with Gasteiger partial charge in [-0.3, -0.25) is 5.10 Å². The van der Waals surface area contributed by atoms with Crippen LogP contribution in [0.5, 0.6) is 0 Å². The predicted octanol–water partition coefficient (Wildman–Crippen LogP) is 3.72. The number of nitrogens with zero attached hydrogens (tertiary/aromatic N) is 4. The molecule has 3 aromatic heterocycles. The molecule has 8 nitrogen and oxygen atoms in total. The molecule has 3 heterocycles. The highest BCUT2D eigenvalue weighted by atomic mass is 15.2. The fraction of sp³-hybridized carbons (Fsp3) is 0.333. The van der Waals surface area contributed by atoms with Crippen LogP contribution in [-0.4, -0.2) is 36.2 Å². The van der Waals surface area contributed by atoms with Gasteiger partial charge in [-0.15, -0.1) is 0 Å². The molecule has 0 unspecified atom stereocenters. The minimum Gasteiger partial charge on any atom is -0.365 e. The van der Waals surface area contributed by atoms with Crippen molar-refractivity contribution in [3.63, 3.8) is 0 Å². The maximum atomic E-state index is 4.69. The van der Waals surface area contributed by atoms with Crippen LogP contribution in [0.4, 0.5) is 17.5 Å². The molecule has 1 aliphatic carbocycles. The van der Waals surface area contributed by atoms with Crippen molar-refractivity contribution in [1.29, 1.82) is 0 Å². The average molecular weight is 348 g/mol. The number of hydrogen-bond donors (Lipinski definition) is 4. The molecule has 0 bridgehead atoms. The molecular weight excluding hydrogens is 328 g/mol. The van der Waals surface area contributed by atoms with E-state index < -0.39 is 0 Å². The van der Waals surface area contributed by atoms with Crippen LogP contribution in [0.15, 0.2) is 30.7 Å². The van der Waals surface area contributed by atoms with E-state index in [-0.39, 0.29) is 0 Å². The Balaban J connectivity index is 1.46. The lowest BCUT2D eigenvalue weighted by Crippen LogP contribution is -2.23. The second-order valence-electron chi connectivity index (χ2n) is 6.77. The molecule has 0 saturated heterocycles. The van der Waals surface area contributed by atoms with Gasteiger partial charge in [0.1, 0.15) is 5.52 Å². The molecule has 1 aromatic carbocycles. The molecule has 1 fully saturated rings. The number of aromatic amines is 2. The van der Waals surface area contributed by atoms with Crippen LogP contribution >= 0.6 is 0 Å². The first-order valence-electron chi connectivity index (χ1n) is 9.03. The second kappa shape index (κ2) is 6.29. The van der Waals surface area contributed by atoms with Crippen LogP contribution in [0, 0.1) is 0 Å². The molecule has 0 atom stereocenters. The van der Waals surface area contributed by atoms with E-state index in [1.807, 2.05) is 18.2 Å². The van der Waals surface area contributed by atoms with Crippen molar-refractivity contribution in [3.05, 3.63) is 30.7 Å². The fourth-order valence-corrected chi connectivity index (χ4v) is 3.58. The van der Waals surface area contributed by atoms with Crippen molar-refractivity contribution >= 4 is 39.5 Å². The average Bonchev–Trinajstić information content (AvgIpc) is 3.31. The van der Waals surface area contributed by atoms with E-state index in [1.165, 1.54) is 32.1 Å². The summed E-state index contributed by atoms with van der Waals surface area (Å²) in [4.78, 5) is 16.7. The number of imidazole rings is 1. The van der Waals surface area contributed by atoms with Crippen molar-refractivity contribution in [2.75, 3.05) is 10.6 Å². The Morgan fingerprint density at radius 2 is 2.00 bits per heavy atom. The molecule has 0 radical (unpaired) electrons. The number of H-pyrrole nitrogens is 2. The van der Waals surface area contributed by atoms with Gasteiger partial charge in [-0.1, -0.05) is 19.3 Å². The van der Waals surface area contributed by atoms with Crippen molar-refractivity contribution in [1.82, 2.24) is 30.1 Å². The topological polar surface area (TPSA) is 107 Å². The Morgan fingerprint density at radius 3 is 2.92 bits per heavy atom. The smallest absolute Gasteiger partial charge is 0.231 e. The summed E-state index contributed by atoms with van der Waals surface area (Å²) in [7, 11) is 0. The number of benzene rings is 1. The minimum absolute atomic E-state index is 0.452. The molecule has 5 rings (SSSR count). The molecule has 1 aliphatic rings. The molecule has 8 heteroatoms. The highest BCUT2D eigenvalue weighted by molar-refractivity contribution is 5.85. The zero-order valence-electron chi connectivity index (χ0n) is 14.3. The summed E-state index contributed by atoms with van der Waals surface area (Å²) in [5.74, 6) is 1.33. The highest BCUT2D eigenvalue weighted by Crippen LogP contribution is 2.26. The van der Waals surface area contributed by atoms with Gasteiger partial charge in [0.25, 0.3) is 0 Å². The van der Waals surface area contributed by atoms with Crippen molar-refractivity contribution in [2.45, 2.75) is 38.1 Å². The van der Waals surface area contributed by atoms with Gasteiger partial charge in [0.2, 0.25) is 5.95 Å². The van der Waals surface area contributed by atoms with Crippen LogP contribution in [0.3, 0.4) is 0 Å². The van der Waals surface area contributed by atoms with Gasteiger partial charge in [-0.2, -0.15) is 15.1 Å². The number of nitrogens with one attached hydrogen (secondary N) is 4. The van der Waals surface area contributed by atoms with Gasteiger partial charge in [-0.05, 0) is 31.0 Å². The van der Waals surface area contributed by atoms with E-state index in [1.54, 1.807) is 12.5 Å². The Bertz CT molecular complexity index is 1040. The van der Waals surface area contributed by atoms with Crippen molar-refractivity contribution in [2.24, 2.45) is 0 Å². The lowest BCUT2D eigenvalue weighted by atomic mass is 9.95. The normalized spacial score (nSPS) is 15.5. The summed E-state index contributed by atoms with van der Waals surface area (Å²) >= 11 is 0. The first kappa shape index (κ1) is 15.1. The van der Waals surface area contributed by atoms with Gasteiger partial charge in [0.15, 0.2) is 11.5 Å². The summed E-state index contributed by atoms with van der Waals surface area (Å²) in [5.41, 5.74) is 3.43. The summed E-state index contributed by atoms with van der Waals surface area (Å²) in [6.45, 7) is 0. The summed E-state index contributed by atoms with van der Waals surface area (Å²) in [6.07, 6.45) is 9.67. The summed E-state index contributed by atoms with van der Waals surface area (Å²) in [5, 5.41) is 14.9. The number of fused-ring (bicyclic) bond motifs is 2. The number of anilines is 3. The monoisotopic (exact) mass is 348 g/mol. The first-order valence-corrected chi connectivity index (χ1v) is 9.03. The molecule has 0 spiro atoms. The molecule has 0 amide bonds. The number of hydrogen-bond acceptors (Lipinski definition) is 6. The molecule has 1 saturated carbocycles. The third-order valence-electron chi connectivity index (χ3n) is 4.92. The van der Waals surface area contributed by atoms with E-state index in [0.717, 1.165) is 33.6 Å². The quantitative estimate of drug-likeness (QED) is 0.448. The van der Waals surface area contributed by atoms with Gasteiger partial charge < -0.3 is 15.6 Å². The number of aromatic nitrogens is 6. The molecule has 4 N–H and O–H groups in total. The zero-order valence-corrected chi connectivity index (χ0v) is 14.3. The molecule has 0 aliphatic heterocycles. The van der Waals surface area contributed by atoms with Crippen molar-refractivity contribution in [3.8, 4) is 0 Å². The van der Waals surface area contributed by atoms with E-state index in [9.17, 15) is 0 Å². The van der Waals surface area contributed by atoms with E-state index in [2.05, 4.69) is 35.8 Å². The Labute approximate surface area is 149 Å². The van der Waals surface area contributed by atoms with Gasteiger partial charge >= 0.3 is 0 Å². The van der Waals surface area contributed by atoms with Crippen LogP contribution in [-0.2, 0) is 0 Å². The van der Waals surface area contributed by atoms with Gasteiger partial charge in [-0.25, -0.2) is 4.98 Å². The zero-order chi connectivity index (χ0) is 17.3. The summed E-state index contributed by atoms with van der Waals surface area (Å²) in [6, 6.07) is 6.44. The van der Waals surface area contributed by atoms with Crippen molar-refractivity contribution < 1.29 is 0 Å². The second-order valence-corrected chi connectivity index (χ2v) is 6.77. The molecular formula is C18H20N8. The Morgan fingerprint density at radius 1 is 1.08 bits per heavy atom. The third-order valence-corrected chi connectivity index (χ3v) is 4.92. The predicted molar refractivity (Wildman–Crippen MR) is 102 cm³/mol. The number of rotatable bonds is 4. The maximum Gasteiger partial charge on any atom is 0.231 e. The van der Waals surface area contributed by atoms with Crippen LogP contribution in [0.1, 0.15) is 32.1 Å². The maximum absolute atomic E-state index is 4.69. The summed E-state index contributed by atoms with van der Waals surface area (Å²) < 4.78 is 0. The molecule has 26 heavy (non-hydrogen) atoms. The Kier molecular flexibility index (Phi) is 3.66.